The lowest BCUT2D eigenvalue weighted by Gasteiger charge is -2.01. The fraction of sp³-hybridized carbons (Fsp3) is 1.00. The lowest BCUT2D eigenvalue weighted by molar-refractivity contribution is 0.930. The molecule has 0 saturated heterocycles. The van der Waals surface area contributed by atoms with Crippen LogP contribution < -0.4 is 0 Å². The standard InChI is InChI=1S/C6H14BrS/c1-4-6(7)5-8(2)3/h6H,4-5H2,1-3H3/q+1. The molecule has 0 aliphatic carbocycles. The van der Waals surface area contributed by atoms with Gasteiger partial charge in [0.25, 0.3) is 0 Å². The third-order valence-corrected chi connectivity index (χ3v) is 3.43. The Bertz CT molecular complexity index is 54.5. The quantitative estimate of drug-likeness (QED) is 0.481. The van der Waals surface area contributed by atoms with Crippen LogP contribution in [0.1, 0.15) is 13.3 Å². The minimum absolute atomic E-state index is 0.608. The molecule has 0 nitrogen and oxygen atoms in total. The predicted molar refractivity (Wildman–Crippen MR) is 47.1 cm³/mol. The molecular weight excluding hydrogens is 184 g/mol. The molecule has 1 unspecified atom stereocenters. The molecule has 0 aliphatic heterocycles. The van der Waals surface area contributed by atoms with Gasteiger partial charge in [0, 0.05) is 0 Å². The molecule has 0 heterocycles. The van der Waals surface area contributed by atoms with Crippen LogP contribution in [0.3, 0.4) is 0 Å². The van der Waals surface area contributed by atoms with Gasteiger partial charge in [-0.25, -0.2) is 0 Å². The van der Waals surface area contributed by atoms with Gasteiger partial charge in [-0.15, -0.1) is 0 Å². The number of hydrogen-bond acceptors (Lipinski definition) is 0. The summed E-state index contributed by atoms with van der Waals surface area (Å²) in [6.45, 7) is 2.21. The lowest BCUT2D eigenvalue weighted by Crippen LogP contribution is -2.12. The van der Waals surface area contributed by atoms with Gasteiger partial charge in [0.1, 0.15) is 5.75 Å². The van der Waals surface area contributed by atoms with Crippen LogP contribution in [-0.4, -0.2) is 23.1 Å². The molecule has 0 aromatic carbocycles. The average molecular weight is 198 g/mol. The van der Waals surface area contributed by atoms with Crippen LogP contribution in [0, 0.1) is 0 Å². The Balaban J connectivity index is 3.10. The number of rotatable bonds is 3. The molecule has 1 atom stereocenters. The van der Waals surface area contributed by atoms with E-state index in [9.17, 15) is 0 Å². The maximum Gasteiger partial charge on any atom is 0.120 e. The molecule has 0 saturated carbocycles. The Morgan fingerprint density at radius 2 is 2.00 bits per heavy atom. The van der Waals surface area contributed by atoms with Gasteiger partial charge in [-0.05, 0) is 17.3 Å². The van der Waals surface area contributed by atoms with Crippen LogP contribution >= 0.6 is 15.9 Å². The van der Waals surface area contributed by atoms with Gasteiger partial charge < -0.3 is 0 Å². The molecule has 0 bridgehead atoms. The van der Waals surface area contributed by atoms with Gasteiger partial charge in [0.2, 0.25) is 0 Å². The van der Waals surface area contributed by atoms with E-state index in [1.807, 2.05) is 0 Å². The van der Waals surface area contributed by atoms with E-state index in [-0.39, 0.29) is 0 Å². The largest absolute Gasteiger partial charge is 0.120 e. The highest BCUT2D eigenvalue weighted by molar-refractivity contribution is 9.09. The molecule has 0 amide bonds. The van der Waals surface area contributed by atoms with Crippen LogP contribution in [-0.2, 0) is 10.9 Å². The third-order valence-electron chi connectivity index (χ3n) is 0.957. The summed E-state index contributed by atoms with van der Waals surface area (Å²) < 4.78 is 0. The molecule has 8 heavy (non-hydrogen) atoms. The Kier molecular flexibility index (Phi) is 5.17. The molecule has 0 aromatic rings. The van der Waals surface area contributed by atoms with Crippen molar-refractivity contribution in [1.82, 2.24) is 0 Å². The van der Waals surface area contributed by atoms with Crippen molar-refractivity contribution in [3.05, 3.63) is 0 Å². The smallest absolute Gasteiger partial charge is 0.0840 e. The predicted octanol–water partition coefficient (Wildman–Crippen LogP) is 2.04. The second-order valence-corrected chi connectivity index (χ2v) is 5.76. The first-order chi connectivity index (χ1) is 3.66. The van der Waals surface area contributed by atoms with Crippen molar-refractivity contribution in [3.8, 4) is 0 Å². The van der Waals surface area contributed by atoms with Gasteiger partial charge in [-0.1, -0.05) is 22.9 Å². The maximum absolute atomic E-state index is 3.58. The first-order valence-electron chi connectivity index (χ1n) is 2.85. The van der Waals surface area contributed by atoms with Crippen molar-refractivity contribution in [2.45, 2.75) is 18.2 Å². The second-order valence-electron chi connectivity index (χ2n) is 2.16. The van der Waals surface area contributed by atoms with Gasteiger partial charge >= 0.3 is 0 Å². The Hall–Kier alpha value is 0.830. The van der Waals surface area contributed by atoms with E-state index in [0.717, 1.165) is 4.83 Å². The summed E-state index contributed by atoms with van der Waals surface area (Å²) in [5.41, 5.74) is 0. The number of halogens is 1. The molecule has 0 fully saturated rings. The summed E-state index contributed by atoms with van der Waals surface area (Å²) in [7, 11) is 0.608. The molecule has 0 spiro atoms. The summed E-state index contributed by atoms with van der Waals surface area (Å²) in [5, 5.41) is 0. The third kappa shape index (κ3) is 4.98. The van der Waals surface area contributed by atoms with Gasteiger partial charge in [-0.2, -0.15) is 0 Å². The van der Waals surface area contributed by atoms with E-state index in [2.05, 4.69) is 35.4 Å². The van der Waals surface area contributed by atoms with Crippen LogP contribution in [0.4, 0.5) is 0 Å². The Morgan fingerprint density at radius 1 is 1.50 bits per heavy atom. The number of alkyl halides is 1. The molecule has 0 N–H and O–H groups in total. The van der Waals surface area contributed by atoms with Crippen molar-refractivity contribution < 1.29 is 0 Å². The van der Waals surface area contributed by atoms with Gasteiger partial charge in [0.05, 0.1) is 17.3 Å². The van der Waals surface area contributed by atoms with E-state index in [0.29, 0.717) is 10.9 Å². The molecular formula is C6H14BrS+. The van der Waals surface area contributed by atoms with E-state index >= 15 is 0 Å². The van der Waals surface area contributed by atoms with Crippen molar-refractivity contribution in [3.63, 3.8) is 0 Å². The minimum atomic E-state index is 0.608. The van der Waals surface area contributed by atoms with Crippen molar-refractivity contribution in [2.24, 2.45) is 0 Å². The first-order valence-corrected chi connectivity index (χ1v) is 5.97. The van der Waals surface area contributed by atoms with E-state index in [4.69, 9.17) is 0 Å². The summed E-state index contributed by atoms with van der Waals surface area (Å²) in [4.78, 5) is 0.751. The maximum atomic E-state index is 3.58. The molecule has 0 rings (SSSR count). The fourth-order valence-electron chi connectivity index (χ4n) is 0.480. The number of hydrogen-bond donors (Lipinski definition) is 0. The first kappa shape index (κ1) is 8.83. The Labute approximate surface area is 63.5 Å². The van der Waals surface area contributed by atoms with Crippen LogP contribution in [0.2, 0.25) is 0 Å². The summed E-state index contributed by atoms with van der Waals surface area (Å²) in [6, 6.07) is 0. The van der Waals surface area contributed by atoms with E-state index < -0.39 is 0 Å². The SMILES string of the molecule is CCC(Br)C[S+](C)C. The molecule has 0 radical (unpaired) electrons. The van der Waals surface area contributed by atoms with Gasteiger partial charge in [0.15, 0.2) is 0 Å². The van der Waals surface area contributed by atoms with Gasteiger partial charge in [-0.3, -0.25) is 0 Å². The monoisotopic (exact) mass is 197 g/mol. The zero-order chi connectivity index (χ0) is 6.57. The highest BCUT2D eigenvalue weighted by Gasteiger charge is 2.09. The summed E-state index contributed by atoms with van der Waals surface area (Å²) in [6.07, 6.45) is 5.82. The lowest BCUT2D eigenvalue weighted by atomic mass is 10.4. The van der Waals surface area contributed by atoms with Crippen molar-refractivity contribution >= 4 is 26.8 Å². The highest BCUT2D eigenvalue weighted by Crippen LogP contribution is 2.06. The van der Waals surface area contributed by atoms with Crippen molar-refractivity contribution in [1.29, 1.82) is 0 Å². The molecule has 0 aliphatic rings. The normalized spacial score (nSPS) is 14.6. The Morgan fingerprint density at radius 3 is 2.12 bits per heavy atom. The molecule has 2 heteroatoms. The second kappa shape index (κ2) is 4.68. The zero-order valence-electron chi connectivity index (χ0n) is 5.78. The zero-order valence-corrected chi connectivity index (χ0v) is 8.18. The average Bonchev–Trinajstić information content (AvgIpc) is 1.65. The van der Waals surface area contributed by atoms with Crippen LogP contribution in [0.5, 0.6) is 0 Å². The summed E-state index contributed by atoms with van der Waals surface area (Å²) in [5.74, 6) is 1.33. The molecule has 50 valence electrons. The molecule has 0 aromatic heterocycles. The fourth-order valence-corrected chi connectivity index (χ4v) is 3.02. The van der Waals surface area contributed by atoms with Crippen LogP contribution in [0.25, 0.3) is 0 Å². The van der Waals surface area contributed by atoms with E-state index in [1.165, 1.54) is 12.2 Å². The summed E-state index contributed by atoms with van der Waals surface area (Å²) >= 11 is 3.58. The topological polar surface area (TPSA) is 0 Å². The highest BCUT2D eigenvalue weighted by atomic mass is 79.9. The minimum Gasteiger partial charge on any atom is -0.0840 e. The van der Waals surface area contributed by atoms with Crippen LogP contribution in [0.15, 0.2) is 0 Å². The van der Waals surface area contributed by atoms with Crippen molar-refractivity contribution in [2.75, 3.05) is 18.3 Å². The van der Waals surface area contributed by atoms with E-state index in [1.54, 1.807) is 0 Å².